The molecule has 0 radical (unpaired) electrons. The Balaban J connectivity index is 1.90. The maximum absolute atomic E-state index is 4.35. The number of hydrogen-bond acceptors (Lipinski definition) is 3. The Labute approximate surface area is 130 Å². The molecule has 1 aromatic carbocycles. The van der Waals surface area contributed by atoms with Crippen LogP contribution in [0.1, 0.15) is 22.4 Å². The van der Waals surface area contributed by atoms with E-state index in [2.05, 4.69) is 59.3 Å². The summed E-state index contributed by atoms with van der Waals surface area (Å²) in [6.45, 7) is 6.61. The van der Waals surface area contributed by atoms with Gasteiger partial charge in [-0.3, -0.25) is 9.98 Å². The molecule has 0 atom stereocenters. The van der Waals surface area contributed by atoms with E-state index in [0.717, 1.165) is 35.8 Å². The van der Waals surface area contributed by atoms with Gasteiger partial charge in [-0.15, -0.1) is 11.3 Å². The Bertz CT molecular complexity index is 614. The van der Waals surface area contributed by atoms with Gasteiger partial charge in [0.05, 0.1) is 5.56 Å². The van der Waals surface area contributed by atoms with Crippen molar-refractivity contribution in [2.45, 2.75) is 19.8 Å². The summed E-state index contributed by atoms with van der Waals surface area (Å²) in [7, 11) is 1.80. The van der Waals surface area contributed by atoms with E-state index in [0.29, 0.717) is 0 Å². The van der Waals surface area contributed by atoms with E-state index in [9.17, 15) is 0 Å². The average molecular weight is 299 g/mol. The van der Waals surface area contributed by atoms with Crippen molar-refractivity contribution in [3.63, 3.8) is 0 Å². The number of hydrogen-bond donors (Lipinski definition) is 1. The molecular formula is C17H21N3S. The lowest BCUT2D eigenvalue weighted by atomic mass is 10.1. The number of aryl methyl sites for hydroxylation is 2. The lowest BCUT2D eigenvalue weighted by Gasteiger charge is -2.09. The van der Waals surface area contributed by atoms with Gasteiger partial charge in [0.1, 0.15) is 10.8 Å². The van der Waals surface area contributed by atoms with Crippen molar-refractivity contribution in [3.05, 3.63) is 52.4 Å². The van der Waals surface area contributed by atoms with Crippen LogP contribution in [0.3, 0.4) is 0 Å². The third-order valence-electron chi connectivity index (χ3n) is 3.24. The van der Waals surface area contributed by atoms with Crippen molar-refractivity contribution in [1.82, 2.24) is 5.32 Å². The molecule has 2 rings (SSSR count). The van der Waals surface area contributed by atoms with Crippen LogP contribution >= 0.6 is 11.3 Å². The minimum atomic E-state index is 0.896. The van der Waals surface area contributed by atoms with Crippen molar-refractivity contribution >= 4 is 28.9 Å². The number of amidine groups is 1. The zero-order valence-electron chi connectivity index (χ0n) is 12.6. The summed E-state index contributed by atoms with van der Waals surface area (Å²) < 4.78 is 0. The third-order valence-corrected chi connectivity index (χ3v) is 4.22. The summed E-state index contributed by atoms with van der Waals surface area (Å²) in [4.78, 5) is 9.65. The van der Waals surface area contributed by atoms with E-state index in [1.165, 1.54) is 10.4 Å². The highest BCUT2D eigenvalue weighted by Gasteiger charge is 2.11. The van der Waals surface area contributed by atoms with Gasteiger partial charge in [0.2, 0.25) is 0 Å². The van der Waals surface area contributed by atoms with Gasteiger partial charge in [-0.2, -0.15) is 0 Å². The molecule has 1 aromatic heterocycles. The van der Waals surface area contributed by atoms with Gasteiger partial charge in [-0.1, -0.05) is 30.3 Å². The van der Waals surface area contributed by atoms with Gasteiger partial charge >= 0.3 is 0 Å². The first-order valence-corrected chi connectivity index (χ1v) is 7.88. The van der Waals surface area contributed by atoms with Crippen LogP contribution in [-0.4, -0.2) is 26.1 Å². The molecule has 0 bridgehead atoms. The first-order valence-electron chi connectivity index (χ1n) is 7.06. The molecule has 1 heterocycles. The normalized spacial score (nSPS) is 11.4. The van der Waals surface area contributed by atoms with E-state index in [1.54, 1.807) is 18.4 Å². The van der Waals surface area contributed by atoms with Crippen molar-refractivity contribution in [1.29, 1.82) is 0 Å². The number of nitrogens with zero attached hydrogens (tertiary/aromatic N) is 2. The monoisotopic (exact) mass is 299 g/mol. The Hall–Kier alpha value is -1.94. The fourth-order valence-electron chi connectivity index (χ4n) is 2.23. The molecule has 0 aliphatic rings. The Morgan fingerprint density at radius 1 is 1.29 bits per heavy atom. The van der Waals surface area contributed by atoms with Crippen molar-refractivity contribution in [2.24, 2.45) is 9.98 Å². The first kappa shape index (κ1) is 15.4. The predicted octanol–water partition coefficient (Wildman–Crippen LogP) is 3.99. The zero-order valence-corrected chi connectivity index (χ0v) is 13.4. The number of benzene rings is 1. The van der Waals surface area contributed by atoms with Crippen LogP contribution in [0.4, 0.5) is 5.00 Å². The molecule has 0 saturated heterocycles. The first-order chi connectivity index (χ1) is 10.2. The molecule has 2 aromatic rings. The van der Waals surface area contributed by atoms with Gasteiger partial charge in [0.15, 0.2) is 0 Å². The summed E-state index contributed by atoms with van der Waals surface area (Å²) in [6, 6.07) is 12.6. The molecule has 0 fully saturated rings. The standard InChI is InChI=1S/C17H21N3S/c1-13-12-15(17(19-3)21-13)16(18-2)20-11-7-10-14-8-5-4-6-9-14/h4-6,8-9,12H,3,7,10-11H2,1-2H3,(H,18,20). The van der Waals surface area contributed by atoms with E-state index in [4.69, 9.17) is 0 Å². The van der Waals surface area contributed by atoms with Crippen molar-refractivity contribution in [3.8, 4) is 0 Å². The molecule has 0 saturated carbocycles. The fraction of sp³-hybridized carbons (Fsp3) is 0.294. The summed E-state index contributed by atoms with van der Waals surface area (Å²) in [5, 5.41) is 4.35. The second-order valence-electron chi connectivity index (χ2n) is 4.82. The summed E-state index contributed by atoms with van der Waals surface area (Å²) in [6.07, 6.45) is 2.14. The molecule has 0 unspecified atom stereocenters. The van der Waals surface area contributed by atoms with Crippen LogP contribution in [0.25, 0.3) is 0 Å². The topological polar surface area (TPSA) is 36.8 Å². The summed E-state index contributed by atoms with van der Waals surface area (Å²) >= 11 is 1.64. The Kier molecular flexibility index (Phi) is 5.69. The predicted molar refractivity (Wildman–Crippen MR) is 93.5 cm³/mol. The quantitative estimate of drug-likeness (QED) is 0.489. The number of nitrogens with one attached hydrogen (secondary N) is 1. The van der Waals surface area contributed by atoms with Crippen LogP contribution in [0.2, 0.25) is 0 Å². The highest BCUT2D eigenvalue weighted by molar-refractivity contribution is 7.16. The van der Waals surface area contributed by atoms with Gasteiger partial charge < -0.3 is 5.32 Å². The molecule has 0 aliphatic carbocycles. The SMILES string of the molecule is C=Nc1sc(C)cc1C(=NC)NCCCc1ccccc1. The van der Waals surface area contributed by atoms with Gasteiger partial charge in [0.25, 0.3) is 0 Å². The van der Waals surface area contributed by atoms with E-state index in [-0.39, 0.29) is 0 Å². The second kappa shape index (κ2) is 7.74. The van der Waals surface area contributed by atoms with Gasteiger partial charge in [-0.25, -0.2) is 0 Å². The maximum atomic E-state index is 4.35. The number of thiophene rings is 1. The number of rotatable bonds is 6. The van der Waals surface area contributed by atoms with E-state index >= 15 is 0 Å². The highest BCUT2D eigenvalue weighted by atomic mass is 32.1. The largest absolute Gasteiger partial charge is 0.370 e. The van der Waals surface area contributed by atoms with E-state index < -0.39 is 0 Å². The zero-order chi connectivity index (χ0) is 15.1. The third kappa shape index (κ3) is 4.26. The van der Waals surface area contributed by atoms with Crippen LogP contribution in [-0.2, 0) is 6.42 Å². The molecule has 0 amide bonds. The second-order valence-corrected chi connectivity index (χ2v) is 6.06. The minimum Gasteiger partial charge on any atom is -0.370 e. The van der Waals surface area contributed by atoms with Gasteiger partial charge in [-0.05, 0) is 38.1 Å². The summed E-state index contributed by atoms with van der Waals surface area (Å²) in [5.74, 6) is 0.898. The van der Waals surface area contributed by atoms with Crippen LogP contribution in [0, 0.1) is 6.92 Å². The van der Waals surface area contributed by atoms with Crippen LogP contribution < -0.4 is 5.32 Å². The average Bonchev–Trinajstić information content (AvgIpc) is 2.89. The maximum Gasteiger partial charge on any atom is 0.131 e. The molecule has 110 valence electrons. The lowest BCUT2D eigenvalue weighted by Crippen LogP contribution is -2.25. The molecule has 0 aliphatic heterocycles. The van der Waals surface area contributed by atoms with E-state index in [1.807, 2.05) is 6.07 Å². The lowest BCUT2D eigenvalue weighted by molar-refractivity contribution is 0.773. The van der Waals surface area contributed by atoms with Gasteiger partial charge in [0, 0.05) is 18.5 Å². The van der Waals surface area contributed by atoms with Crippen molar-refractivity contribution < 1.29 is 0 Å². The molecule has 4 heteroatoms. The molecule has 1 N–H and O–H groups in total. The summed E-state index contributed by atoms with van der Waals surface area (Å²) in [5.41, 5.74) is 2.42. The van der Waals surface area contributed by atoms with Crippen molar-refractivity contribution in [2.75, 3.05) is 13.6 Å². The van der Waals surface area contributed by atoms with Crippen LogP contribution in [0.15, 0.2) is 46.4 Å². The molecule has 0 spiro atoms. The molecule has 21 heavy (non-hydrogen) atoms. The van der Waals surface area contributed by atoms with Crippen LogP contribution in [0.5, 0.6) is 0 Å². The minimum absolute atomic E-state index is 0.896. The molecule has 3 nitrogen and oxygen atoms in total. The number of aliphatic imine (C=N–C) groups is 2. The highest BCUT2D eigenvalue weighted by Crippen LogP contribution is 2.29. The smallest absolute Gasteiger partial charge is 0.131 e. The fourth-order valence-corrected chi connectivity index (χ4v) is 3.04. The Morgan fingerprint density at radius 3 is 2.71 bits per heavy atom. The molecular weight excluding hydrogens is 278 g/mol. The Morgan fingerprint density at radius 2 is 2.05 bits per heavy atom.